The van der Waals surface area contributed by atoms with Gasteiger partial charge in [-0.3, -0.25) is 10.1 Å². The molecule has 0 bridgehead atoms. The van der Waals surface area contributed by atoms with Gasteiger partial charge in [-0.25, -0.2) is 14.6 Å². The van der Waals surface area contributed by atoms with E-state index < -0.39 is 24.5 Å². The van der Waals surface area contributed by atoms with E-state index >= 15 is 0 Å². The van der Waals surface area contributed by atoms with Crippen molar-refractivity contribution in [3.63, 3.8) is 0 Å². The normalized spacial score (nSPS) is 9.62. The number of hydrogen-bond donors (Lipinski definition) is 2. The second kappa shape index (κ2) is 8.51. The molecule has 1 aromatic rings. The lowest BCUT2D eigenvalue weighted by Gasteiger charge is -2.09. The van der Waals surface area contributed by atoms with Gasteiger partial charge in [0, 0.05) is 12.7 Å². The summed E-state index contributed by atoms with van der Waals surface area (Å²) < 4.78 is 9.99. The number of urea groups is 1. The fourth-order valence-corrected chi connectivity index (χ4v) is 1.37. The first-order chi connectivity index (χ1) is 10.1. The third-order valence-electron chi connectivity index (χ3n) is 2.20. The van der Waals surface area contributed by atoms with Crippen molar-refractivity contribution in [1.29, 1.82) is 0 Å². The van der Waals surface area contributed by atoms with E-state index in [-0.39, 0.29) is 11.4 Å². The minimum atomic E-state index is -0.752. The molecule has 8 nitrogen and oxygen atoms in total. The lowest BCUT2D eigenvalue weighted by atomic mass is 10.3. The number of carbonyl (C=O) groups is 3. The van der Waals surface area contributed by atoms with E-state index in [1.165, 1.54) is 12.3 Å². The third kappa shape index (κ3) is 5.47. The van der Waals surface area contributed by atoms with Gasteiger partial charge in [-0.2, -0.15) is 0 Å². The topological polar surface area (TPSA) is 107 Å². The highest BCUT2D eigenvalue weighted by molar-refractivity contribution is 5.97. The quantitative estimate of drug-likeness (QED) is 0.739. The zero-order valence-corrected chi connectivity index (χ0v) is 11.8. The van der Waals surface area contributed by atoms with Crippen molar-refractivity contribution in [3.8, 4) is 5.88 Å². The van der Waals surface area contributed by atoms with Gasteiger partial charge >= 0.3 is 12.0 Å². The fourth-order valence-electron chi connectivity index (χ4n) is 1.37. The first-order valence-electron chi connectivity index (χ1n) is 6.41. The predicted molar refractivity (Wildman–Crippen MR) is 72.9 cm³/mol. The lowest BCUT2D eigenvalue weighted by Crippen LogP contribution is -2.41. The molecule has 3 amide bonds. The minimum Gasteiger partial charge on any atom is -0.477 e. The fraction of sp³-hybridized carbons (Fsp3) is 0.385. The first kappa shape index (κ1) is 16.4. The Bertz CT molecular complexity index is 518. The highest BCUT2D eigenvalue weighted by atomic mass is 16.5. The second-order valence-electron chi connectivity index (χ2n) is 3.77. The standard InChI is InChI=1S/C13H17N3O5/c1-3-14-13(19)16-10(17)8-21-12(18)9-6-5-7-15-11(9)20-4-2/h5-7H,3-4,8H2,1-2H3,(H2,14,16,17,19). The summed E-state index contributed by atoms with van der Waals surface area (Å²) in [7, 11) is 0. The van der Waals surface area contributed by atoms with Crippen LogP contribution in [0.25, 0.3) is 0 Å². The Kier molecular flexibility index (Phi) is 6.66. The van der Waals surface area contributed by atoms with Crippen LogP contribution in [-0.2, 0) is 9.53 Å². The summed E-state index contributed by atoms with van der Waals surface area (Å²) in [6.07, 6.45) is 1.48. The van der Waals surface area contributed by atoms with Crippen LogP contribution in [0.4, 0.5) is 4.79 Å². The predicted octanol–water partition coefficient (Wildman–Crippen LogP) is 0.483. The molecule has 0 unspecified atom stereocenters. The van der Waals surface area contributed by atoms with Crippen LogP contribution in [0.5, 0.6) is 5.88 Å². The minimum absolute atomic E-state index is 0.116. The number of nitrogens with zero attached hydrogens (tertiary/aromatic N) is 1. The van der Waals surface area contributed by atoms with Crippen molar-refractivity contribution >= 4 is 17.9 Å². The molecule has 8 heteroatoms. The van der Waals surface area contributed by atoms with Crippen LogP contribution < -0.4 is 15.4 Å². The summed E-state index contributed by atoms with van der Waals surface area (Å²) >= 11 is 0. The van der Waals surface area contributed by atoms with Gasteiger partial charge in [0.1, 0.15) is 5.56 Å². The molecule has 21 heavy (non-hydrogen) atoms. The Balaban J connectivity index is 2.54. The number of amides is 3. The molecular weight excluding hydrogens is 278 g/mol. The molecule has 0 radical (unpaired) electrons. The number of aromatic nitrogens is 1. The second-order valence-corrected chi connectivity index (χ2v) is 3.77. The van der Waals surface area contributed by atoms with Crippen molar-refractivity contribution < 1.29 is 23.9 Å². The molecule has 1 rings (SSSR count). The molecule has 0 saturated heterocycles. The van der Waals surface area contributed by atoms with E-state index in [0.29, 0.717) is 13.2 Å². The summed E-state index contributed by atoms with van der Waals surface area (Å²) in [5.74, 6) is -1.34. The van der Waals surface area contributed by atoms with Crippen LogP contribution in [0.15, 0.2) is 18.3 Å². The van der Waals surface area contributed by atoms with Gasteiger partial charge in [-0.15, -0.1) is 0 Å². The Morgan fingerprint density at radius 3 is 2.71 bits per heavy atom. The third-order valence-corrected chi connectivity index (χ3v) is 2.20. The number of carbonyl (C=O) groups excluding carboxylic acids is 3. The van der Waals surface area contributed by atoms with Gasteiger partial charge in [0.05, 0.1) is 6.61 Å². The maximum absolute atomic E-state index is 11.8. The number of nitrogens with one attached hydrogen (secondary N) is 2. The summed E-state index contributed by atoms with van der Waals surface area (Å²) in [6, 6.07) is 2.38. The van der Waals surface area contributed by atoms with E-state index in [1.807, 2.05) is 5.32 Å². The number of hydrogen-bond acceptors (Lipinski definition) is 6. The molecule has 0 saturated carbocycles. The highest BCUT2D eigenvalue weighted by Crippen LogP contribution is 2.15. The average molecular weight is 295 g/mol. The molecule has 1 heterocycles. The zero-order chi connectivity index (χ0) is 15.7. The Morgan fingerprint density at radius 1 is 1.29 bits per heavy atom. The molecule has 0 aliphatic heterocycles. The van der Waals surface area contributed by atoms with Crippen LogP contribution in [0, 0.1) is 0 Å². The van der Waals surface area contributed by atoms with Gasteiger partial charge in [-0.05, 0) is 26.0 Å². The van der Waals surface area contributed by atoms with Crippen molar-refractivity contribution in [2.24, 2.45) is 0 Å². The van der Waals surface area contributed by atoms with Crippen molar-refractivity contribution in [3.05, 3.63) is 23.9 Å². The van der Waals surface area contributed by atoms with Gasteiger partial charge in [0.2, 0.25) is 5.88 Å². The van der Waals surface area contributed by atoms with Crippen LogP contribution in [0.3, 0.4) is 0 Å². The highest BCUT2D eigenvalue weighted by Gasteiger charge is 2.16. The smallest absolute Gasteiger partial charge is 0.344 e. The van der Waals surface area contributed by atoms with E-state index in [4.69, 9.17) is 9.47 Å². The van der Waals surface area contributed by atoms with E-state index in [1.54, 1.807) is 19.9 Å². The molecular formula is C13H17N3O5. The molecule has 0 aliphatic carbocycles. The zero-order valence-electron chi connectivity index (χ0n) is 11.8. The van der Waals surface area contributed by atoms with Gasteiger partial charge in [0.15, 0.2) is 6.61 Å². The first-order valence-corrected chi connectivity index (χ1v) is 6.41. The van der Waals surface area contributed by atoms with E-state index in [9.17, 15) is 14.4 Å². The number of imide groups is 1. The van der Waals surface area contributed by atoms with E-state index in [0.717, 1.165) is 0 Å². The van der Waals surface area contributed by atoms with Gasteiger partial charge in [-0.1, -0.05) is 0 Å². The lowest BCUT2D eigenvalue weighted by molar-refractivity contribution is -0.123. The Labute approximate surface area is 121 Å². The van der Waals surface area contributed by atoms with E-state index in [2.05, 4.69) is 10.3 Å². The monoisotopic (exact) mass is 295 g/mol. The molecule has 0 fully saturated rings. The van der Waals surface area contributed by atoms with Gasteiger partial charge in [0.25, 0.3) is 5.91 Å². The Hall–Kier alpha value is -2.64. The SMILES string of the molecule is CCNC(=O)NC(=O)COC(=O)c1cccnc1OCC. The summed E-state index contributed by atoms with van der Waals surface area (Å²) in [4.78, 5) is 38.2. The summed E-state index contributed by atoms with van der Waals surface area (Å²) in [5, 5.41) is 4.39. The van der Waals surface area contributed by atoms with Crippen molar-refractivity contribution in [2.45, 2.75) is 13.8 Å². The average Bonchev–Trinajstić information content (AvgIpc) is 2.46. The molecule has 114 valence electrons. The summed E-state index contributed by atoms with van der Waals surface area (Å²) in [5.41, 5.74) is 0.116. The maximum atomic E-state index is 11.8. The molecule has 2 N–H and O–H groups in total. The molecule has 1 aromatic heterocycles. The Morgan fingerprint density at radius 2 is 2.05 bits per heavy atom. The van der Waals surface area contributed by atoms with Crippen molar-refractivity contribution in [2.75, 3.05) is 19.8 Å². The van der Waals surface area contributed by atoms with Crippen LogP contribution in [0.2, 0.25) is 0 Å². The largest absolute Gasteiger partial charge is 0.477 e. The molecule has 0 atom stereocenters. The number of ether oxygens (including phenoxy) is 2. The number of esters is 1. The van der Waals surface area contributed by atoms with Crippen LogP contribution in [0.1, 0.15) is 24.2 Å². The van der Waals surface area contributed by atoms with Gasteiger partial charge < -0.3 is 14.8 Å². The number of rotatable bonds is 6. The van der Waals surface area contributed by atoms with Crippen LogP contribution >= 0.6 is 0 Å². The molecule has 0 aromatic carbocycles. The number of pyridine rings is 1. The molecule has 0 spiro atoms. The maximum Gasteiger partial charge on any atom is 0.344 e. The van der Waals surface area contributed by atoms with Crippen LogP contribution in [-0.4, -0.2) is 42.7 Å². The molecule has 0 aliphatic rings. The van der Waals surface area contributed by atoms with Crippen molar-refractivity contribution in [1.82, 2.24) is 15.6 Å². The summed E-state index contributed by atoms with van der Waals surface area (Å²) in [6.45, 7) is 3.61.